The van der Waals surface area contributed by atoms with Crippen molar-refractivity contribution < 1.29 is 0 Å². The van der Waals surface area contributed by atoms with E-state index in [9.17, 15) is 0 Å². The largest absolute Gasteiger partial charge is 0.383 e. The van der Waals surface area contributed by atoms with Gasteiger partial charge in [0, 0.05) is 31.7 Å². The molecule has 0 amide bonds. The number of fused-ring (bicyclic) bond motifs is 2. The Bertz CT molecular complexity index is 539. The Balaban J connectivity index is 1.74. The van der Waals surface area contributed by atoms with Gasteiger partial charge in [-0.15, -0.1) is 0 Å². The third-order valence-corrected chi connectivity index (χ3v) is 5.50. The van der Waals surface area contributed by atoms with Crippen molar-refractivity contribution in [1.29, 1.82) is 0 Å². The van der Waals surface area contributed by atoms with Crippen LogP contribution in [-0.2, 0) is 0 Å². The molecule has 2 heterocycles. The van der Waals surface area contributed by atoms with E-state index < -0.39 is 0 Å². The van der Waals surface area contributed by atoms with Crippen molar-refractivity contribution >= 4 is 17.6 Å². The molecule has 5 N–H and O–H groups in total. The quantitative estimate of drug-likeness (QED) is 0.750. The minimum absolute atomic E-state index is 0.299. The van der Waals surface area contributed by atoms with Crippen LogP contribution in [0, 0.1) is 11.8 Å². The lowest BCUT2D eigenvalue weighted by Crippen LogP contribution is -2.44. The lowest BCUT2D eigenvalue weighted by molar-refractivity contribution is 0.418. The molecule has 3 fully saturated rings. The number of rotatable bonds is 2. The maximum atomic E-state index is 6.27. The Hall–Kier alpha value is -1.56. The second-order valence-electron chi connectivity index (χ2n) is 6.72. The summed E-state index contributed by atoms with van der Waals surface area (Å²) < 4.78 is 0. The Kier molecular flexibility index (Phi) is 3.14. The zero-order valence-corrected chi connectivity index (χ0v) is 12.4. The van der Waals surface area contributed by atoms with E-state index in [1.165, 1.54) is 31.2 Å². The number of nitrogens with one attached hydrogen (secondary N) is 1. The summed E-state index contributed by atoms with van der Waals surface area (Å²) in [5.74, 6) is 4.09. The molecular formula is C15H24N6. The van der Waals surface area contributed by atoms with Gasteiger partial charge in [0.1, 0.15) is 11.6 Å². The summed E-state index contributed by atoms with van der Waals surface area (Å²) in [5, 5.41) is 3.38. The van der Waals surface area contributed by atoms with Gasteiger partial charge in [-0.25, -0.2) is 0 Å². The van der Waals surface area contributed by atoms with Crippen LogP contribution in [0.1, 0.15) is 37.2 Å². The summed E-state index contributed by atoms with van der Waals surface area (Å²) in [6.07, 6.45) is 5.33. The second-order valence-corrected chi connectivity index (χ2v) is 6.72. The van der Waals surface area contributed by atoms with Gasteiger partial charge < -0.3 is 21.7 Å². The van der Waals surface area contributed by atoms with Gasteiger partial charge in [-0.1, -0.05) is 6.42 Å². The highest BCUT2D eigenvalue weighted by atomic mass is 15.3. The van der Waals surface area contributed by atoms with Crippen LogP contribution in [0.4, 0.5) is 17.6 Å². The van der Waals surface area contributed by atoms with Gasteiger partial charge in [0.05, 0.1) is 0 Å². The SMILES string of the molecule is Nc1nc(N)c([C@@H]2C[C@H]3CC[C@@H]2C3)c(N2CCNCC2)n1. The van der Waals surface area contributed by atoms with Crippen molar-refractivity contribution in [2.24, 2.45) is 11.8 Å². The van der Waals surface area contributed by atoms with Crippen LogP contribution in [0.3, 0.4) is 0 Å². The Morgan fingerprint density at radius 3 is 2.52 bits per heavy atom. The average Bonchev–Trinajstić information content (AvgIpc) is 3.10. The van der Waals surface area contributed by atoms with Crippen LogP contribution in [0.15, 0.2) is 0 Å². The first-order chi connectivity index (χ1) is 10.2. The molecule has 21 heavy (non-hydrogen) atoms. The molecular weight excluding hydrogens is 264 g/mol. The van der Waals surface area contributed by atoms with Gasteiger partial charge >= 0.3 is 0 Å². The van der Waals surface area contributed by atoms with Crippen molar-refractivity contribution in [1.82, 2.24) is 15.3 Å². The first-order valence-corrected chi connectivity index (χ1v) is 8.11. The number of hydrogen-bond acceptors (Lipinski definition) is 6. The predicted octanol–water partition coefficient (Wildman–Crippen LogP) is 0.954. The van der Waals surface area contributed by atoms with Gasteiger partial charge in [-0.05, 0) is 37.0 Å². The zero-order valence-electron chi connectivity index (χ0n) is 12.4. The smallest absolute Gasteiger partial charge is 0.223 e. The van der Waals surface area contributed by atoms with Crippen molar-refractivity contribution in [2.45, 2.75) is 31.6 Å². The van der Waals surface area contributed by atoms with Crippen LogP contribution < -0.4 is 21.7 Å². The van der Waals surface area contributed by atoms with E-state index in [4.69, 9.17) is 11.5 Å². The first-order valence-electron chi connectivity index (χ1n) is 8.11. The molecule has 1 aliphatic heterocycles. The molecule has 3 atom stereocenters. The Morgan fingerprint density at radius 1 is 1.05 bits per heavy atom. The standard InChI is InChI=1S/C15H24N6/c16-13-12(11-8-9-1-2-10(11)7-9)14(20-15(17)19-13)21-5-3-18-4-6-21/h9-11,18H,1-8H2,(H4,16,17,19,20)/t9-,10+,11+/m0/s1. The maximum absolute atomic E-state index is 6.27. The van der Waals surface area contributed by atoms with Crippen molar-refractivity contribution in [2.75, 3.05) is 42.5 Å². The minimum atomic E-state index is 0.299. The van der Waals surface area contributed by atoms with Crippen molar-refractivity contribution in [3.8, 4) is 0 Å². The van der Waals surface area contributed by atoms with Crippen LogP contribution >= 0.6 is 0 Å². The van der Waals surface area contributed by atoms with E-state index in [0.29, 0.717) is 17.7 Å². The molecule has 0 radical (unpaired) electrons. The van der Waals surface area contributed by atoms with Gasteiger partial charge in [-0.3, -0.25) is 0 Å². The lowest BCUT2D eigenvalue weighted by atomic mass is 9.83. The molecule has 4 rings (SSSR count). The summed E-state index contributed by atoms with van der Waals surface area (Å²) in [6.45, 7) is 3.90. The van der Waals surface area contributed by atoms with Gasteiger partial charge in [0.2, 0.25) is 5.95 Å². The Labute approximate surface area is 125 Å². The van der Waals surface area contributed by atoms with E-state index in [-0.39, 0.29) is 0 Å². The molecule has 6 heteroatoms. The summed E-state index contributed by atoms with van der Waals surface area (Å²) >= 11 is 0. The monoisotopic (exact) mass is 288 g/mol. The molecule has 0 aromatic carbocycles. The normalized spacial score (nSPS) is 31.8. The number of nitrogen functional groups attached to an aromatic ring is 2. The van der Waals surface area contributed by atoms with Gasteiger partial charge in [0.15, 0.2) is 0 Å². The fourth-order valence-corrected chi connectivity index (χ4v) is 4.56. The molecule has 2 saturated carbocycles. The number of anilines is 3. The fraction of sp³-hybridized carbons (Fsp3) is 0.733. The van der Waals surface area contributed by atoms with E-state index in [1.54, 1.807) is 0 Å². The number of nitrogens with zero attached hydrogens (tertiary/aromatic N) is 3. The highest BCUT2D eigenvalue weighted by molar-refractivity contribution is 5.62. The Morgan fingerprint density at radius 2 is 1.86 bits per heavy atom. The number of hydrogen-bond donors (Lipinski definition) is 3. The lowest BCUT2D eigenvalue weighted by Gasteiger charge is -2.33. The number of nitrogens with two attached hydrogens (primary N) is 2. The van der Waals surface area contributed by atoms with Crippen LogP contribution in [0.25, 0.3) is 0 Å². The number of piperazine rings is 1. The third-order valence-electron chi connectivity index (χ3n) is 5.50. The summed E-state index contributed by atoms with van der Waals surface area (Å²) in [6, 6.07) is 0. The molecule has 6 nitrogen and oxygen atoms in total. The van der Waals surface area contributed by atoms with Crippen LogP contribution in [0.5, 0.6) is 0 Å². The van der Waals surface area contributed by atoms with E-state index in [1.807, 2.05) is 0 Å². The van der Waals surface area contributed by atoms with Crippen molar-refractivity contribution in [3.05, 3.63) is 5.56 Å². The van der Waals surface area contributed by atoms with Crippen LogP contribution in [-0.4, -0.2) is 36.1 Å². The molecule has 0 unspecified atom stereocenters. The fourth-order valence-electron chi connectivity index (χ4n) is 4.56. The molecule has 0 spiro atoms. The van der Waals surface area contributed by atoms with Gasteiger partial charge in [-0.2, -0.15) is 9.97 Å². The van der Waals surface area contributed by atoms with E-state index in [2.05, 4.69) is 20.2 Å². The summed E-state index contributed by atoms with van der Waals surface area (Å²) in [4.78, 5) is 11.2. The molecule has 3 aliphatic rings. The molecule has 1 aromatic rings. The van der Waals surface area contributed by atoms with E-state index in [0.717, 1.165) is 43.8 Å². The van der Waals surface area contributed by atoms with Gasteiger partial charge in [0.25, 0.3) is 0 Å². The number of aromatic nitrogens is 2. The zero-order chi connectivity index (χ0) is 14.4. The van der Waals surface area contributed by atoms with Crippen LogP contribution in [0.2, 0.25) is 0 Å². The molecule has 1 aromatic heterocycles. The topological polar surface area (TPSA) is 93.1 Å². The van der Waals surface area contributed by atoms with E-state index >= 15 is 0 Å². The first kappa shape index (κ1) is 13.1. The molecule has 1 saturated heterocycles. The minimum Gasteiger partial charge on any atom is -0.383 e. The summed E-state index contributed by atoms with van der Waals surface area (Å²) in [7, 11) is 0. The summed E-state index contributed by atoms with van der Waals surface area (Å²) in [5.41, 5.74) is 13.3. The molecule has 114 valence electrons. The highest BCUT2D eigenvalue weighted by Gasteiger charge is 2.43. The maximum Gasteiger partial charge on any atom is 0.223 e. The molecule has 2 bridgehead atoms. The molecule has 2 aliphatic carbocycles. The average molecular weight is 288 g/mol. The van der Waals surface area contributed by atoms with Crippen molar-refractivity contribution in [3.63, 3.8) is 0 Å². The third kappa shape index (κ3) is 2.21. The second kappa shape index (κ2) is 5.02. The highest BCUT2D eigenvalue weighted by Crippen LogP contribution is 2.55. The predicted molar refractivity (Wildman–Crippen MR) is 84.1 cm³/mol.